The van der Waals surface area contributed by atoms with Crippen LogP contribution in [0, 0.1) is 0 Å². The van der Waals surface area contributed by atoms with Crippen LogP contribution in [0.5, 0.6) is 5.75 Å². The van der Waals surface area contributed by atoms with E-state index in [4.69, 9.17) is 16.3 Å². The van der Waals surface area contributed by atoms with Crippen molar-refractivity contribution < 1.29 is 27.5 Å². The highest BCUT2D eigenvalue weighted by Gasteiger charge is 2.22. The summed E-state index contributed by atoms with van der Waals surface area (Å²) in [5, 5.41) is 0.200. The van der Waals surface area contributed by atoms with Crippen LogP contribution in [-0.4, -0.2) is 45.4 Å². The molecule has 6 nitrogen and oxygen atoms in total. The van der Waals surface area contributed by atoms with E-state index >= 15 is 0 Å². The molecule has 116 valence electrons. The van der Waals surface area contributed by atoms with Gasteiger partial charge < -0.3 is 9.47 Å². The van der Waals surface area contributed by atoms with Gasteiger partial charge in [0.05, 0.1) is 18.7 Å². The molecule has 0 fully saturated rings. The summed E-state index contributed by atoms with van der Waals surface area (Å²) in [6, 6.07) is 4.20. The molecular formula is C13H15ClO6S. The standard InChI is InChI=1S/C13H15ClO6S/c1-3-20-13(16)8-21(17,18)7-11(15)9-4-5-12(19-2)10(14)6-9/h4-6H,3,7-8H2,1-2H3. The lowest BCUT2D eigenvalue weighted by Gasteiger charge is -2.06. The van der Waals surface area contributed by atoms with Crippen molar-refractivity contribution >= 4 is 33.2 Å². The van der Waals surface area contributed by atoms with Gasteiger partial charge in [0.25, 0.3) is 0 Å². The highest BCUT2D eigenvalue weighted by atomic mass is 35.5. The Hall–Kier alpha value is -1.60. The first-order valence-electron chi connectivity index (χ1n) is 6.02. The quantitative estimate of drug-likeness (QED) is 0.555. The average molecular weight is 335 g/mol. The molecule has 0 aliphatic rings. The van der Waals surface area contributed by atoms with Crippen LogP contribution in [0.4, 0.5) is 0 Å². The summed E-state index contributed by atoms with van der Waals surface area (Å²) in [6.07, 6.45) is 0. The summed E-state index contributed by atoms with van der Waals surface area (Å²) in [5.41, 5.74) is 0.133. The monoisotopic (exact) mass is 334 g/mol. The van der Waals surface area contributed by atoms with Crippen molar-refractivity contribution in [2.45, 2.75) is 6.92 Å². The maximum Gasteiger partial charge on any atom is 0.321 e. The molecular weight excluding hydrogens is 320 g/mol. The number of esters is 1. The molecule has 1 rings (SSSR count). The predicted molar refractivity (Wildman–Crippen MR) is 77.6 cm³/mol. The van der Waals surface area contributed by atoms with Gasteiger partial charge in [-0.25, -0.2) is 8.42 Å². The minimum absolute atomic E-state index is 0.0797. The molecule has 0 saturated heterocycles. The Morgan fingerprint density at radius 3 is 2.43 bits per heavy atom. The first-order chi connectivity index (χ1) is 9.79. The minimum Gasteiger partial charge on any atom is -0.495 e. The lowest BCUT2D eigenvalue weighted by atomic mass is 10.1. The number of hydrogen-bond acceptors (Lipinski definition) is 6. The van der Waals surface area contributed by atoms with Crippen LogP contribution in [-0.2, 0) is 19.4 Å². The fourth-order valence-corrected chi connectivity index (χ4v) is 2.92. The Balaban J connectivity index is 2.81. The fourth-order valence-electron chi connectivity index (χ4n) is 1.56. The van der Waals surface area contributed by atoms with Gasteiger partial charge in [-0.05, 0) is 25.1 Å². The molecule has 0 amide bonds. The molecule has 0 aliphatic carbocycles. The van der Waals surface area contributed by atoms with Crippen molar-refractivity contribution in [1.82, 2.24) is 0 Å². The van der Waals surface area contributed by atoms with Gasteiger partial charge >= 0.3 is 5.97 Å². The highest BCUT2D eigenvalue weighted by molar-refractivity contribution is 7.92. The van der Waals surface area contributed by atoms with E-state index in [0.29, 0.717) is 5.75 Å². The van der Waals surface area contributed by atoms with Gasteiger partial charge in [0.15, 0.2) is 15.6 Å². The highest BCUT2D eigenvalue weighted by Crippen LogP contribution is 2.25. The molecule has 0 heterocycles. The van der Waals surface area contributed by atoms with Crippen molar-refractivity contribution in [3.05, 3.63) is 28.8 Å². The molecule has 21 heavy (non-hydrogen) atoms. The zero-order chi connectivity index (χ0) is 16.0. The SMILES string of the molecule is CCOC(=O)CS(=O)(=O)CC(=O)c1ccc(OC)c(Cl)c1. The summed E-state index contributed by atoms with van der Waals surface area (Å²) < 4.78 is 32.9. The molecule has 0 unspecified atom stereocenters. The Morgan fingerprint density at radius 2 is 1.90 bits per heavy atom. The van der Waals surface area contributed by atoms with E-state index in [1.54, 1.807) is 6.92 Å². The molecule has 0 radical (unpaired) electrons. The van der Waals surface area contributed by atoms with E-state index in [1.165, 1.54) is 25.3 Å². The number of halogens is 1. The second-order valence-electron chi connectivity index (χ2n) is 4.11. The number of sulfone groups is 1. The van der Waals surface area contributed by atoms with Crippen LogP contribution in [0.25, 0.3) is 0 Å². The van der Waals surface area contributed by atoms with Gasteiger partial charge in [0.2, 0.25) is 0 Å². The molecule has 0 atom stereocenters. The van der Waals surface area contributed by atoms with Gasteiger partial charge in [-0.3, -0.25) is 9.59 Å². The van der Waals surface area contributed by atoms with Crippen LogP contribution < -0.4 is 4.74 Å². The molecule has 0 spiro atoms. The van der Waals surface area contributed by atoms with Gasteiger partial charge in [-0.1, -0.05) is 11.6 Å². The van der Waals surface area contributed by atoms with E-state index in [0.717, 1.165) is 0 Å². The number of ether oxygens (including phenoxy) is 2. The number of ketones is 1. The molecule has 0 N–H and O–H groups in total. The van der Waals surface area contributed by atoms with E-state index in [2.05, 4.69) is 4.74 Å². The maximum absolute atomic E-state index is 11.9. The van der Waals surface area contributed by atoms with Crippen molar-refractivity contribution in [2.24, 2.45) is 0 Å². The number of methoxy groups -OCH3 is 1. The third kappa shape index (κ3) is 5.35. The fraction of sp³-hybridized carbons (Fsp3) is 0.385. The Labute approximate surface area is 127 Å². The summed E-state index contributed by atoms with van der Waals surface area (Å²) in [7, 11) is -2.45. The zero-order valence-corrected chi connectivity index (χ0v) is 13.2. The molecule has 1 aromatic rings. The van der Waals surface area contributed by atoms with Gasteiger partial charge in [-0.2, -0.15) is 0 Å². The van der Waals surface area contributed by atoms with Crippen molar-refractivity contribution in [3.8, 4) is 5.75 Å². The molecule has 0 saturated carbocycles. The smallest absolute Gasteiger partial charge is 0.321 e. The minimum atomic E-state index is -3.88. The number of Topliss-reactive ketones (excluding diaryl/α,β-unsaturated/α-hetero) is 1. The van der Waals surface area contributed by atoms with Crippen molar-refractivity contribution in [2.75, 3.05) is 25.2 Å². The van der Waals surface area contributed by atoms with Crippen LogP contribution in [0.15, 0.2) is 18.2 Å². The number of rotatable bonds is 7. The maximum atomic E-state index is 11.9. The lowest BCUT2D eigenvalue weighted by molar-refractivity contribution is -0.139. The normalized spacial score (nSPS) is 11.0. The van der Waals surface area contributed by atoms with Crippen LogP contribution >= 0.6 is 11.6 Å². The van der Waals surface area contributed by atoms with Crippen molar-refractivity contribution in [1.29, 1.82) is 0 Å². The van der Waals surface area contributed by atoms with Crippen LogP contribution in [0.1, 0.15) is 17.3 Å². The van der Waals surface area contributed by atoms with Crippen molar-refractivity contribution in [3.63, 3.8) is 0 Å². The zero-order valence-electron chi connectivity index (χ0n) is 11.6. The van der Waals surface area contributed by atoms with E-state index in [1.807, 2.05) is 0 Å². The second kappa shape index (κ2) is 7.42. The predicted octanol–water partition coefficient (Wildman–Crippen LogP) is 1.51. The Bertz CT molecular complexity index is 638. The topological polar surface area (TPSA) is 86.7 Å². The number of carbonyl (C=O) groups is 2. The molecule has 8 heteroatoms. The summed E-state index contributed by atoms with van der Waals surface area (Å²) in [4.78, 5) is 23.1. The lowest BCUT2D eigenvalue weighted by Crippen LogP contribution is -2.25. The van der Waals surface area contributed by atoms with E-state index < -0.39 is 33.1 Å². The third-order valence-electron chi connectivity index (χ3n) is 2.47. The third-order valence-corrected chi connectivity index (χ3v) is 4.14. The van der Waals surface area contributed by atoms with Gasteiger partial charge in [0, 0.05) is 5.56 Å². The van der Waals surface area contributed by atoms with Gasteiger partial charge in [-0.15, -0.1) is 0 Å². The second-order valence-corrected chi connectivity index (χ2v) is 6.58. The molecule has 0 bridgehead atoms. The van der Waals surface area contributed by atoms with Crippen LogP contribution in [0.2, 0.25) is 5.02 Å². The molecule has 0 aliphatic heterocycles. The average Bonchev–Trinajstić information content (AvgIpc) is 2.37. The molecule has 1 aromatic carbocycles. The first-order valence-corrected chi connectivity index (χ1v) is 8.21. The Kier molecular flexibility index (Phi) is 6.17. The largest absolute Gasteiger partial charge is 0.495 e. The van der Waals surface area contributed by atoms with Crippen LogP contribution in [0.3, 0.4) is 0 Å². The summed E-state index contributed by atoms with van der Waals surface area (Å²) >= 11 is 5.87. The number of carbonyl (C=O) groups excluding carboxylic acids is 2. The van der Waals surface area contributed by atoms with E-state index in [9.17, 15) is 18.0 Å². The summed E-state index contributed by atoms with van der Waals surface area (Å²) in [5.74, 6) is -2.75. The first kappa shape index (κ1) is 17.5. The number of hydrogen-bond donors (Lipinski definition) is 0. The van der Waals surface area contributed by atoms with Gasteiger partial charge in [0.1, 0.15) is 17.3 Å². The molecule has 0 aromatic heterocycles. The summed E-state index contributed by atoms with van der Waals surface area (Å²) in [6.45, 7) is 1.64. The Morgan fingerprint density at radius 1 is 1.24 bits per heavy atom. The van der Waals surface area contributed by atoms with E-state index in [-0.39, 0.29) is 17.2 Å². The number of benzene rings is 1.